The van der Waals surface area contributed by atoms with Crippen LogP contribution in [0, 0.1) is 11.3 Å². The van der Waals surface area contributed by atoms with Crippen molar-refractivity contribution in [2.75, 3.05) is 45.9 Å². The lowest BCUT2D eigenvalue weighted by Gasteiger charge is -2.20. The van der Waals surface area contributed by atoms with Crippen LogP contribution in [0.1, 0.15) is 25.7 Å². The third-order valence-electron chi connectivity index (χ3n) is 3.11. The Balaban J connectivity index is 2.12. The largest absolute Gasteiger partial charge is 0.395 e. The van der Waals surface area contributed by atoms with E-state index in [2.05, 4.69) is 15.9 Å². The third-order valence-corrected chi connectivity index (χ3v) is 3.11. The summed E-state index contributed by atoms with van der Waals surface area (Å²) in [6.07, 6.45) is 4.03. The molecule has 4 nitrogen and oxygen atoms in total. The number of hydrogen-bond donors (Lipinski definition) is 1. The topological polar surface area (TPSA) is 50.5 Å². The quantitative estimate of drug-likeness (QED) is 0.675. The Morgan fingerprint density at radius 3 is 2.31 bits per heavy atom. The van der Waals surface area contributed by atoms with Crippen LogP contribution in [0.25, 0.3) is 0 Å². The van der Waals surface area contributed by atoms with E-state index in [1.54, 1.807) is 0 Å². The second-order valence-corrected chi connectivity index (χ2v) is 4.38. The summed E-state index contributed by atoms with van der Waals surface area (Å²) in [6.45, 7) is 6.63. The molecule has 0 spiro atoms. The standard InChI is InChI=1S/C12H23N3O/c13-5-2-1-3-6-14-7-4-8-15(10-9-14)11-12-16/h16H,1-4,6-12H2. The molecular formula is C12H23N3O. The number of nitriles is 1. The van der Waals surface area contributed by atoms with Gasteiger partial charge in [0.25, 0.3) is 0 Å². The van der Waals surface area contributed by atoms with Crippen molar-refractivity contribution in [1.29, 1.82) is 5.26 Å². The molecule has 1 rings (SSSR count). The zero-order valence-corrected chi connectivity index (χ0v) is 10.1. The fourth-order valence-corrected chi connectivity index (χ4v) is 2.15. The first-order chi connectivity index (χ1) is 7.86. The van der Waals surface area contributed by atoms with Crippen molar-refractivity contribution >= 4 is 0 Å². The summed E-state index contributed by atoms with van der Waals surface area (Å²) in [6, 6.07) is 2.19. The average Bonchev–Trinajstić information content (AvgIpc) is 2.51. The van der Waals surface area contributed by atoms with Gasteiger partial charge in [-0.05, 0) is 38.9 Å². The molecule has 0 amide bonds. The fourth-order valence-electron chi connectivity index (χ4n) is 2.15. The van der Waals surface area contributed by atoms with E-state index in [-0.39, 0.29) is 6.61 Å². The zero-order valence-electron chi connectivity index (χ0n) is 10.1. The highest BCUT2D eigenvalue weighted by Gasteiger charge is 2.13. The van der Waals surface area contributed by atoms with E-state index in [0.29, 0.717) is 6.42 Å². The van der Waals surface area contributed by atoms with Gasteiger partial charge in [-0.1, -0.05) is 0 Å². The molecule has 1 aliphatic heterocycles. The number of rotatable bonds is 6. The molecule has 0 aromatic carbocycles. The van der Waals surface area contributed by atoms with Crippen LogP contribution in [0.5, 0.6) is 0 Å². The van der Waals surface area contributed by atoms with Gasteiger partial charge in [0.2, 0.25) is 0 Å². The Morgan fingerprint density at radius 1 is 1.00 bits per heavy atom. The van der Waals surface area contributed by atoms with Gasteiger partial charge >= 0.3 is 0 Å². The first kappa shape index (κ1) is 13.4. The van der Waals surface area contributed by atoms with Crippen LogP contribution in [0.4, 0.5) is 0 Å². The van der Waals surface area contributed by atoms with E-state index in [1.165, 1.54) is 6.42 Å². The Morgan fingerprint density at radius 2 is 1.69 bits per heavy atom. The Labute approximate surface area is 98.5 Å². The molecule has 1 fully saturated rings. The first-order valence-electron chi connectivity index (χ1n) is 6.29. The van der Waals surface area contributed by atoms with Crippen LogP contribution in [0.3, 0.4) is 0 Å². The lowest BCUT2D eigenvalue weighted by molar-refractivity contribution is 0.196. The maximum Gasteiger partial charge on any atom is 0.0621 e. The fraction of sp³-hybridized carbons (Fsp3) is 0.917. The van der Waals surface area contributed by atoms with Crippen molar-refractivity contribution < 1.29 is 5.11 Å². The van der Waals surface area contributed by atoms with Crippen LogP contribution in [-0.2, 0) is 0 Å². The molecule has 0 unspecified atom stereocenters. The lowest BCUT2D eigenvalue weighted by Crippen LogP contribution is -2.32. The molecule has 1 heterocycles. The molecule has 0 saturated carbocycles. The average molecular weight is 225 g/mol. The van der Waals surface area contributed by atoms with Gasteiger partial charge in [0.15, 0.2) is 0 Å². The van der Waals surface area contributed by atoms with Crippen LogP contribution in [0.15, 0.2) is 0 Å². The van der Waals surface area contributed by atoms with Crippen molar-refractivity contribution in [2.45, 2.75) is 25.7 Å². The molecule has 16 heavy (non-hydrogen) atoms. The van der Waals surface area contributed by atoms with Crippen molar-refractivity contribution in [2.24, 2.45) is 0 Å². The van der Waals surface area contributed by atoms with E-state index < -0.39 is 0 Å². The summed E-state index contributed by atoms with van der Waals surface area (Å²) in [7, 11) is 0. The second kappa shape index (κ2) is 8.51. The van der Waals surface area contributed by atoms with Crippen molar-refractivity contribution in [3.63, 3.8) is 0 Å². The summed E-state index contributed by atoms with van der Waals surface area (Å²) >= 11 is 0. The van der Waals surface area contributed by atoms with E-state index in [1.807, 2.05) is 0 Å². The maximum atomic E-state index is 8.89. The predicted molar refractivity (Wildman–Crippen MR) is 64.0 cm³/mol. The number of aliphatic hydroxyl groups is 1. The number of unbranched alkanes of at least 4 members (excludes halogenated alkanes) is 2. The minimum atomic E-state index is 0.266. The first-order valence-corrected chi connectivity index (χ1v) is 6.29. The van der Waals surface area contributed by atoms with E-state index in [4.69, 9.17) is 10.4 Å². The SMILES string of the molecule is N#CCCCCN1CCCN(CCO)CC1. The summed E-state index contributed by atoms with van der Waals surface area (Å²) in [4.78, 5) is 4.81. The number of hydrogen-bond acceptors (Lipinski definition) is 4. The van der Waals surface area contributed by atoms with Gasteiger partial charge < -0.3 is 10.0 Å². The molecular weight excluding hydrogens is 202 g/mol. The van der Waals surface area contributed by atoms with Gasteiger partial charge in [0.05, 0.1) is 12.7 Å². The second-order valence-electron chi connectivity index (χ2n) is 4.38. The van der Waals surface area contributed by atoms with Crippen molar-refractivity contribution in [3.8, 4) is 6.07 Å². The highest BCUT2D eigenvalue weighted by molar-refractivity contribution is 4.71. The van der Waals surface area contributed by atoms with Gasteiger partial charge in [-0.3, -0.25) is 4.90 Å². The molecule has 0 aromatic rings. The monoisotopic (exact) mass is 225 g/mol. The van der Waals surface area contributed by atoms with Crippen LogP contribution in [-0.4, -0.2) is 60.8 Å². The maximum absolute atomic E-state index is 8.89. The molecule has 0 radical (unpaired) electrons. The van der Waals surface area contributed by atoms with Gasteiger partial charge in [-0.25, -0.2) is 0 Å². The number of aliphatic hydroxyl groups excluding tert-OH is 1. The number of nitrogens with zero attached hydrogens (tertiary/aromatic N) is 3. The summed E-state index contributed by atoms with van der Waals surface area (Å²) < 4.78 is 0. The third kappa shape index (κ3) is 5.45. The van der Waals surface area contributed by atoms with Crippen LogP contribution >= 0.6 is 0 Å². The Hall–Kier alpha value is -0.630. The smallest absolute Gasteiger partial charge is 0.0621 e. The van der Waals surface area contributed by atoms with Gasteiger partial charge in [0, 0.05) is 26.1 Å². The van der Waals surface area contributed by atoms with Gasteiger partial charge in [-0.2, -0.15) is 5.26 Å². The van der Waals surface area contributed by atoms with E-state index in [9.17, 15) is 0 Å². The molecule has 1 aliphatic rings. The molecule has 0 atom stereocenters. The minimum Gasteiger partial charge on any atom is -0.395 e. The van der Waals surface area contributed by atoms with Crippen LogP contribution in [0.2, 0.25) is 0 Å². The minimum absolute atomic E-state index is 0.266. The van der Waals surface area contributed by atoms with Crippen molar-refractivity contribution in [1.82, 2.24) is 9.80 Å². The van der Waals surface area contributed by atoms with Gasteiger partial charge in [0.1, 0.15) is 0 Å². The summed E-state index contributed by atoms with van der Waals surface area (Å²) in [5.74, 6) is 0. The Bertz CT molecular complexity index is 215. The molecule has 4 heteroatoms. The Kier molecular flexibility index (Phi) is 7.15. The van der Waals surface area contributed by atoms with E-state index >= 15 is 0 Å². The highest BCUT2D eigenvalue weighted by Crippen LogP contribution is 2.05. The lowest BCUT2D eigenvalue weighted by atomic mass is 10.2. The normalized spacial score (nSPS) is 19.2. The summed E-state index contributed by atoms with van der Waals surface area (Å²) in [5.41, 5.74) is 0. The molecule has 0 bridgehead atoms. The molecule has 1 saturated heterocycles. The van der Waals surface area contributed by atoms with Crippen molar-refractivity contribution in [3.05, 3.63) is 0 Å². The zero-order chi connectivity index (χ0) is 11.6. The molecule has 0 aliphatic carbocycles. The predicted octanol–water partition coefficient (Wildman–Crippen LogP) is 0.680. The van der Waals surface area contributed by atoms with Crippen LogP contribution < -0.4 is 0 Å². The van der Waals surface area contributed by atoms with E-state index in [0.717, 1.165) is 52.1 Å². The number of β-amino-alcohol motifs (C(OH)–C–C–N with tert-alkyl or cyclic N) is 1. The molecule has 92 valence electrons. The molecule has 1 N–H and O–H groups in total. The molecule has 0 aromatic heterocycles. The highest BCUT2D eigenvalue weighted by atomic mass is 16.3. The van der Waals surface area contributed by atoms with Gasteiger partial charge in [-0.15, -0.1) is 0 Å². The summed E-state index contributed by atoms with van der Waals surface area (Å²) in [5, 5.41) is 17.3.